The Hall–Kier alpha value is -1.51. The lowest BCUT2D eigenvalue weighted by Gasteiger charge is -2.31. The second-order valence-electron chi connectivity index (χ2n) is 6.40. The van der Waals surface area contributed by atoms with Crippen LogP contribution < -0.4 is 5.56 Å². The Kier molecular flexibility index (Phi) is 5.71. The lowest BCUT2D eigenvalue weighted by molar-refractivity contribution is 0.237. The largest absolute Gasteiger partial charge is 0.268 e. The van der Waals surface area contributed by atoms with Crippen LogP contribution >= 0.6 is 11.3 Å². The highest BCUT2D eigenvalue weighted by Gasteiger charge is 2.28. The first kappa shape index (κ1) is 18.3. The molecule has 1 aliphatic rings. The fourth-order valence-corrected chi connectivity index (χ4v) is 5.51. The Bertz CT molecular complexity index is 860. The minimum Gasteiger partial charge on any atom is -0.268 e. The van der Waals surface area contributed by atoms with E-state index in [1.165, 1.54) is 10.7 Å². The van der Waals surface area contributed by atoms with Gasteiger partial charge < -0.3 is 0 Å². The fourth-order valence-electron chi connectivity index (χ4n) is 3.20. The first-order chi connectivity index (χ1) is 12.0. The molecule has 2 aromatic rings. The average molecular weight is 382 g/mol. The van der Waals surface area contributed by atoms with Crippen molar-refractivity contribution in [3.8, 4) is 10.6 Å². The Morgan fingerprint density at radius 1 is 1.32 bits per heavy atom. The van der Waals surface area contributed by atoms with Gasteiger partial charge in [0.1, 0.15) is 5.69 Å². The molecule has 1 aliphatic heterocycles. The quantitative estimate of drug-likeness (QED) is 0.770. The van der Waals surface area contributed by atoms with E-state index in [1.54, 1.807) is 21.7 Å². The van der Waals surface area contributed by atoms with Crippen molar-refractivity contribution < 1.29 is 8.42 Å². The summed E-state index contributed by atoms with van der Waals surface area (Å²) in [5.41, 5.74) is 0.634. The van der Waals surface area contributed by atoms with E-state index in [-0.39, 0.29) is 17.2 Å². The van der Waals surface area contributed by atoms with Gasteiger partial charge >= 0.3 is 0 Å². The number of rotatable bonds is 6. The topological polar surface area (TPSA) is 72.3 Å². The molecular formula is C17H23N3O3S2. The van der Waals surface area contributed by atoms with Crippen molar-refractivity contribution in [3.05, 3.63) is 40.0 Å². The lowest BCUT2D eigenvalue weighted by atomic mass is 10.00. The molecule has 0 aromatic carbocycles. The molecule has 0 spiro atoms. The van der Waals surface area contributed by atoms with Crippen molar-refractivity contribution in [1.29, 1.82) is 0 Å². The molecule has 8 heteroatoms. The SMILES string of the molecule is CCCS(=O)(=O)N1CCC[C@@H](Cn2nc(-c3cccs3)ccc2=O)C1. The molecule has 0 bridgehead atoms. The van der Waals surface area contributed by atoms with Crippen molar-refractivity contribution >= 4 is 21.4 Å². The predicted octanol–water partition coefficient (Wildman–Crippen LogP) is 2.42. The number of aromatic nitrogens is 2. The van der Waals surface area contributed by atoms with E-state index >= 15 is 0 Å². The molecule has 0 amide bonds. The third-order valence-corrected chi connectivity index (χ3v) is 7.34. The molecular weight excluding hydrogens is 358 g/mol. The van der Waals surface area contributed by atoms with E-state index in [9.17, 15) is 13.2 Å². The first-order valence-corrected chi connectivity index (χ1v) is 11.1. The summed E-state index contributed by atoms with van der Waals surface area (Å²) in [5.74, 6) is 0.301. The van der Waals surface area contributed by atoms with Crippen molar-refractivity contribution in [2.45, 2.75) is 32.7 Å². The highest BCUT2D eigenvalue weighted by atomic mass is 32.2. The summed E-state index contributed by atoms with van der Waals surface area (Å²) >= 11 is 1.58. The summed E-state index contributed by atoms with van der Waals surface area (Å²) in [5, 5.41) is 6.46. The van der Waals surface area contributed by atoms with Crippen LogP contribution in [0.1, 0.15) is 26.2 Å². The summed E-state index contributed by atoms with van der Waals surface area (Å²) in [7, 11) is -3.19. The molecule has 0 saturated carbocycles. The maximum Gasteiger partial charge on any atom is 0.266 e. The third kappa shape index (κ3) is 4.37. The number of piperidine rings is 1. The number of nitrogens with zero attached hydrogens (tertiary/aromatic N) is 3. The van der Waals surface area contributed by atoms with E-state index in [4.69, 9.17) is 0 Å². The molecule has 3 rings (SSSR count). The van der Waals surface area contributed by atoms with E-state index in [0.29, 0.717) is 26.1 Å². The zero-order valence-electron chi connectivity index (χ0n) is 14.3. The zero-order valence-corrected chi connectivity index (χ0v) is 15.9. The van der Waals surface area contributed by atoms with Crippen molar-refractivity contribution in [2.24, 2.45) is 5.92 Å². The summed E-state index contributed by atoms with van der Waals surface area (Å²) < 4.78 is 27.7. The summed E-state index contributed by atoms with van der Waals surface area (Å²) in [4.78, 5) is 13.2. The monoisotopic (exact) mass is 381 g/mol. The van der Waals surface area contributed by atoms with Gasteiger partial charge in [-0.2, -0.15) is 5.10 Å². The molecule has 1 atom stereocenters. The number of hydrogen-bond acceptors (Lipinski definition) is 5. The third-order valence-electron chi connectivity index (χ3n) is 4.41. The van der Waals surface area contributed by atoms with E-state index < -0.39 is 10.0 Å². The molecule has 0 N–H and O–H groups in total. The molecule has 0 aliphatic carbocycles. The van der Waals surface area contributed by atoms with Gasteiger partial charge in [-0.15, -0.1) is 11.3 Å². The maximum absolute atomic E-state index is 12.3. The molecule has 0 unspecified atom stereocenters. The fraction of sp³-hybridized carbons (Fsp3) is 0.529. The van der Waals surface area contributed by atoms with Gasteiger partial charge in [0.2, 0.25) is 10.0 Å². The second kappa shape index (κ2) is 7.80. The van der Waals surface area contributed by atoms with Crippen LogP contribution in [0.25, 0.3) is 10.6 Å². The molecule has 3 heterocycles. The predicted molar refractivity (Wildman–Crippen MR) is 100 cm³/mol. The Balaban J connectivity index is 1.76. The van der Waals surface area contributed by atoms with Crippen LogP contribution in [-0.2, 0) is 16.6 Å². The molecule has 136 valence electrons. The molecule has 1 fully saturated rings. The second-order valence-corrected chi connectivity index (χ2v) is 9.43. The van der Waals surface area contributed by atoms with Gasteiger partial charge in [-0.3, -0.25) is 4.79 Å². The maximum atomic E-state index is 12.3. The molecule has 2 aromatic heterocycles. The van der Waals surface area contributed by atoms with Crippen LogP contribution in [0.4, 0.5) is 0 Å². The first-order valence-electron chi connectivity index (χ1n) is 8.59. The van der Waals surface area contributed by atoms with Crippen LogP contribution in [0.2, 0.25) is 0 Å². The van der Waals surface area contributed by atoms with Gasteiger partial charge in [0, 0.05) is 25.7 Å². The number of sulfonamides is 1. The average Bonchev–Trinajstić information content (AvgIpc) is 3.12. The minimum atomic E-state index is -3.19. The van der Waals surface area contributed by atoms with E-state index in [0.717, 1.165) is 23.4 Å². The van der Waals surface area contributed by atoms with Crippen LogP contribution in [0.3, 0.4) is 0 Å². The lowest BCUT2D eigenvalue weighted by Crippen LogP contribution is -2.43. The molecule has 1 saturated heterocycles. The normalized spacial score (nSPS) is 19.2. The summed E-state index contributed by atoms with van der Waals surface area (Å²) in [6, 6.07) is 7.20. The molecule has 0 radical (unpaired) electrons. The highest BCUT2D eigenvalue weighted by Crippen LogP contribution is 2.23. The Labute approximate surface area is 152 Å². The number of thiophene rings is 1. The minimum absolute atomic E-state index is 0.115. The van der Waals surface area contributed by atoms with Crippen molar-refractivity contribution in [1.82, 2.24) is 14.1 Å². The van der Waals surface area contributed by atoms with Gasteiger partial charge in [-0.05, 0) is 42.7 Å². The molecule has 6 nitrogen and oxygen atoms in total. The van der Waals surface area contributed by atoms with Crippen LogP contribution in [-0.4, -0.2) is 41.3 Å². The van der Waals surface area contributed by atoms with E-state index in [1.807, 2.05) is 24.4 Å². The zero-order chi connectivity index (χ0) is 17.9. The van der Waals surface area contributed by atoms with E-state index in [2.05, 4.69) is 5.10 Å². The van der Waals surface area contributed by atoms with Crippen LogP contribution in [0, 0.1) is 5.92 Å². The smallest absolute Gasteiger partial charge is 0.266 e. The standard InChI is InChI=1S/C17H23N3O3S2/c1-2-11-25(22,23)19-9-3-5-14(12-19)13-20-17(21)8-7-15(18-20)16-6-4-10-24-16/h4,6-8,10,14H,2-3,5,9,11-13H2,1H3/t14-/m1/s1. The highest BCUT2D eigenvalue weighted by molar-refractivity contribution is 7.89. The molecule has 25 heavy (non-hydrogen) atoms. The van der Waals surface area contributed by atoms with Gasteiger partial charge in [-0.25, -0.2) is 17.4 Å². The number of hydrogen-bond donors (Lipinski definition) is 0. The van der Waals surface area contributed by atoms with Crippen molar-refractivity contribution in [3.63, 3.8) is 0 Å². The van der Waals surface area contributed by atoms with Crippen LogP contribution in [0.15, 0.2) is 34.4 Å². The van der Waals surface area contributed by atoms with Gasteiger partial charge in [0.25, 0.3) is 5.56 Å². The van der Waals surface area contributed by atoms with Gasteiger partial charge in [0.05, 0.1) is 10.6 Å². The van der Waals surface area contributed by atoms with Gasteiger partial charge in [-0.1, -0.05) is 13.0 Å². The summed E-state index contributed by atoms with van der Waals surface area (Å²) in [6.07, 6.45) is 2.36. The van der Waals surface area contributed by atoms with Gasteiger partial charge in [0.15, 0.2) is 0 Å². The summed E-state index contributed by atoms with van der Waals surface area (Å²) in [6.45, 7) is 3.38. The van der Waals surface area contributed by atoms with Crippen LogP contribution in [0.5, 0.6) is 0 Å². The van der Waals surface area contributed by atoms with Crippen molar-refractivity contribution in [2.75, 3.05) is 18.8 Å². The Morgan fingerprint density at radius 2 is 2.16 bits per heavy atom. The Morgan fingerprint density at radius 3 is 2.88 bits per heavy atom.